The fraction of sp³-hybridized carbons (Fsp3) is 0.0690. The SMILES string of the molecule is CC(C)(C)c1cc2c3ccccc3c3cc4c(-c5cccc(-c6ccccc6)c5)c5ccccc5c(-c5cccc(-c6ccccc6)c5)c4cc3c2c2ccccc12. The zero-order chi connectivity index (χ0) is 39.0. The second-order valence-corrected chi connectivity index (χ2v) is 16.8. The Morgan fingerprint density at radius 2 is 0.621 bits per heavy atom. The van der Waals surface area contributed by atoms with E-state index in [0.29, 0.717) is 0 Å². The molecule has 0 saturated carbocycles. The van der Waals surface area contributed by atoms with E-state index in [1.54, 1.807) is 0 Å². The second kappa shape index (κ2) is 13.3. The quantitative estimate of drug-likeness (QED) is 0.125. The van der Waals surface area contributed by atoms with Gasteiger partial charge in [0.1, 0.15) is 0 Å². The fourth-order valence-corrected chi connectivity index (χ4v) is 9.70. The number of hydrogen-bond acceptors (Lipinski definition) is 0. The Hall–Kier alpha value is -7.02. The van der Waals surface area contributed by atoms with Crippen LogP contribution in [0.15, 0.2) is 200 Å². The van der Waals surface area contributed by atoms with Crippen molar-refractivity contribution in [3.8, 4) is 44.5 Å². The van der Waals surface area contributed by atoms with Crippen LogP contribution in [0.3, 0.4) is 0 Å². The predicted octanol–water partition coefficient (Wildman–Crippen LogP) is 16.6. The first kappa shape index (κ1) is 34.2. The fourth-order valence-electron chi connectivity index (χ4n) is 9.70. The van der Waals surface area contributed by atoms with Gasteiger partial charge in [-0.05, 0) is 150 Å². The maximum atomic E-state index is 2.55. The average Bonchev–Trinajstić information content (AvgIpc) is 3.27. The maximum Gasteiger partial charge on any atom is -0.00199 e. The highest BCUT2D eigenvalue weighted by Crippen LogP contribution is 2.49. The Kier molecular flexibility index (Phi) is 7.85. The molecule has 0 aromatic heterocycles. The molecule has 0 amide bonds. The summed E-state index contributed by atoms with van der Waals surface area (Å²) in [5.74, 6) is 0. The van der Waals surface area contributed by atoms with Gasteiger partial charge in [0.25, 0.3) is 0 Å². The minimum Gasteiger partial charge on any atom is -0.0622 e. The van der Waals surface area contributed by atoms with Gasteiger partial charge in [0.2, 0.25) is 0 Å². The zero-order valence-corrected chi connectivity index (χ0v) is 33.1. The van der Waals surface area contributed by atoms with Crippen LogP contribution in [0.5, 0.6) is 0 Å². The Morgan fingerprint density at radius 3 is 1.14 bits per heavy atom. The van der Waals surface area contributed by atoms with Gasteiger partial charge in [0.05, 0.1) is 0 Å². The molecule has 0 aliphatic carbocycles. The van der Waals surface area contributed by atoms with Crippen LogP contribution in [0.2, 0.25) is 0 Å². The van der Waals surface area contributed by atoms with Crippen molar-refractivity contribution in [2.75, 3.05) is 0 Å². The van der Waals surface area contributed by atoms with Crippen LogP contribution in [0, 0.1) is 0 Å². The van der Waals surface area contributed by atoms with Crippen molar-refractivity contribution in [3.05, 3.63) is 206 Å². The van der Waals surface area contributed by atoms with E-state index in [9.17, 15) is 0 Å². The standard InChI is InChI=1S/C58H42/c1-58(2,3)54-36-53-44-27-11-10-26-43(44)49-34-51-52(35-50(49)57(53)46-29-13-12-28-45(46)54)56(42-25-17-23-40(33-42)38-20-8-5-9-21-38)48-31-15-14-30-47(48)55(51)41-24-16-22-39(32-41)37-18-6-4-7-19-37/h4-36H,1-3H3. The van der Waals surface area contributed by atoms with Gasteiger partial charge in [0, 0.05) is 0 Å². The summed E-state index contributed by atoms with van der Waals surface area (Å²) >= 11 is 0. The maximum absolute atomic E-state index is 2.55. The zero-order valence-electron chi connectivity index (χ0n) is 33.1. The molecule has 11 aromatic rings. The smallest absolute Gasteiger partial charge is 0.00199 e. The normalized spacial score (nSPS) is 12.1. The molecule has 11 aromatic carbocycles. The molecule has 0 N–H and O–H groups in total. The molecule has 0 radical (unpaired) electrons. The monoisotopic (exact) mass is 738 g/mol. The largest absolute Gasteiger partial charge is 0.0622 e. The Morgan fingerprint density at radius 1 is 0.241 bits per heavy atom. The van der Waals surface area contributed by atoms with Crippen molar-refractivity contribution in [1.82, 2.24) is 0 Å². The molecular formula is C58H42. The van der Waals surface area contributed by atoms with Crippen molar-refractivity contribution in [2.24, 2.45) is 0 Å². The van der Waals surface area contributed by atoms with E-state index in [0.717, 1.165) is 0 Å². The van der Waals surface area contributed by atoms with Crippen molar-refractivity contribution < 1.29 is 0 Å². The van der Waals surface area contributed by atoms with E-state index in [1.165, 1.54) is 115 Å². The molecule has 0 atom stereocenters. The molecule has 0 spiro atoms. The van der Waals surface area contributed by atoms with E-state index in [1.807, 2.05) is 0 Å². The minimum absolute atomic E-state index is 0.0215. The lowest BCUT2D eigenvalue weighted by Crippen LogP contribution is -2.11. The summed E-state index contributed by atoms with van der Waals surface area (Å²) < 4.78 is 0. The lowest BCUT2D eigenvalue weighted by molar-refractivity contribution is 0.596. The van der Waals surface area contributed by atoms with Gasteiger partial charge in [-0.25, -0.2) is 0 Å². The van der Waals surface area contributed by atoms with Crippen LogP contribution < -0.4 is 0 Å². The number of fused-ring (bicyclic) bond motifs is 10. The average molecular weight is 739 g/mol. The number of rotatable bonds is 4. The molecule has 0 aliphatic rings. The highest BCUT2D eigenvalue weighted by atomic mass is 14.3. The molecular weight excluding hydrogens is 697 g/mol. The van der Waals surface area contributed by atoms with Gasteiger partial charge in [-0.1, -0.05) is 191 Å². The van der Waals surface area contributed by atoms with Crippen molar-refractivity contribution in [3.63, 3.8) is 0 Å². The van der Waals surface area contributed by atoms with Crippen LogP contribution in [0.4, 0.5) is 0 Å². The van der Waals surface area contributed by atoms with Gasteiger partial charge in [0.15, 0.2) is 0 Å². The molecule has 0 unspecified atom stereocenters. The Labute approximate surface area is 339 Å². The molecule has 0 fully saturated rings. The summed E-state index contributed by atoms with van der Waals surface area (Å²) in [5.41, 5.74) is 11.2. The molecule has 0 heterocycles. The predicted molar refractivity (Wildman–Crippen MR) is 252 cm³/mol. The third kappa shape index (κ3) is 5.44. The topological polar surface area (TPSA) is 0 Å². The second-order valence-electron chi connectivity index (χ2n) is 16.8. The first-order valence-electron chi connectivity index (χ1n) is 20.4. The molecule has 274 valence electrons. The molecule has 11 rings (SSSR count). The highest BCUT2D eigenvalue weighted by molar-refractivity contribution is 6.35. The van der Waals surface area contributed by atoms with E-state index in [-0.39, 0.29) is 5.41 Å². The minimum atomic E-state index is -0.0215. The first-order valence-corrected chi connectivity index (χ1v) is 20.4. The summed E-state index contributed by atoms with van der Waals surface area (Å²) in [6.07, 6.45) is 0. The summed E-state index contributed by atoms with van der Waals surface area (Å²) in [5, 5.41) is 15.5. The molecule has 0 nitrogen and oxygen atoms in total. The summed E-state index contributed by atoms with van der Waals surface area (Å²) in [4.78, 5) is 0. The van der Waals surface area contributed by atoms with E-state index >= 15 is 0 Å². The lowest BCUT2D eigenvalue weighted by atomic mass is 9.79. The van der Waals surface area contributed by atoms with Gasteiger partial charge in [-0.15, -0.1) is 0 Å². The van der Waals surface area contributed by atoms with Gasteiger partial charge >= 0.3 is 0 Å². The van der Waals surface area contributed by atoms with Crippen molar-refractivity contribution in [2.45, 2.75) is 26.2 Å². The van der Waals surface area contributed by atoms with Crippen LogP contribution in [-0.2, 0) is 5.41 Å². The third-order valence-electron chi connectivity index (χ3n) is 12.3. The van der Waals surface area contributed by atoms with E-state index < -0.39 is 0 Å². The Bertz CT molecular complexity index is 3400. The highest BCUT2D eigenvalue weighted by Gasteiger charge is 2.23. The molecule has 0 heteroatoms. The number of hydrogen-bond donors (Lipinski definition) is 0. The van der Waals surface area contributed by atoms with Crippen LogP contribution >= 0.6 is 0 Å². The molecule has 0 saturated heterocycles. The summed E-state index contributed by atoms with van der Waals surface area (Å²) in [6, 6.07) is 74.6. The van der Waals surface area contributed by atoms with Gasteiger partial charge < -0.3 is 0 Å². The molecule has 0 aliphatic heterocycles. The van der Waals surface area contributed by atoms with Crippen molar-refractivity contribution >= 4 is 64.6 Å². The molecule has 58 heavy (non-hydrogen) atoms. The lowest BCUT2D eigenvalue weighted by Gasteiger charge is -2.24. The summed E-state index contributed by atoms with van der Waals surface area (Å²) in [7, 11) is 0. The van der Waals surface area contributed by atoms with Gasteiger partial charge in [-0.2, -0.15) is 0 Å². The Balaban J connectivity index is 1.35. The van der Waals surface area contributed by atoms with E-state index in [4.69, 9.17) is 0 Å². The third-order valence-corrected chi connectivity index (χ3v) is 12.3. The van der Waals surface area contributed by atoms with Gasteiger partial charge in [-0.3, -0.25) is 0 Å². The number of benzene rings is 11. The summed E-state index contributed by atoms with van der Waals surface area (Å²) in [6.45, 7) is 7.02. The van der Waals surface area contributed by atoms with Crippen LogP contribution in [-0.4, -0.2) is 0 Å². The van der Waals surface area contributed by atoms with Crippen LogP contribution in [0.25, 0.3) is 109 Å². The van der Waals surface area contributed by atoms with E-state index in [2.05, 4.69) is 221 Å². The first-order chi connectivity index (χ1) is 28.4. The van der Waals surface area contributed by atoms with Crippen LogP contribution in [0.1, 0.15) is 26.3 Å². The van der Waals surface area contributed by atoms with Crippen molar-refractivity contribution in [1.29, 1.82) is 0 Å². The molecule has 0 bridgehead atoms.